The molecule has 11 heteroatoms. The number of hydrogen-bond acceptors (Lipinski definition) is 5. The Morgan fingerprint density at radius 2 is 2.00 bits per heavy atom. The van der Waals surface area contributed by atoms with Crippen molar-refractivity contribution in [1.29, 1.82) is 0 Å². The first kappa shape index (κ1) is 14.0. The molecule has 1 aromatic heterocycles. The lowest BCUT2D eigenvalue weighted by molar-refractivity contribution is -0.389. The maximum Gasteiger partial charge on any atom is 0.382 e. The minimum atomic E-state index is -4.52. The molecule has 1 rings (SSSR count). The van der Waals surface area contributed by atoms with Gasteiger partial charge in [0.05, 0.1) is 5.56 Å². The average molecular weight is 307 g/mol. The van der Waals surface area contributed by atoms with Crippen molar-refractivity contribution in [2.45, 2.75) is 11.3 Å². The van der Waals surface area contributed by atoms with Crippen LogP contribution in [0.15, 0.2) is 11.1 Å². The quantitative estimate of drug-likeness (QED) is 0.486. The summed E-state index contributed by atoms with van der Waals surface area (Å²) in [6, 6.07) is 0. The predicted molar refractivity (Wildman–Crippen MR) is 53.9 cm³/mol. The second-order valence-corrected chi connectivity index (χ2v) is 5.58. The van der Waals surface area contributed by atoms with Crippen LogP contribution in [-0.4, -0.2) is 18.3 Å². The van der Waals surface area contributed by atoms with Gasteiger partial charge in [-0.2, -0.15) is 0 Å². The van der Waals surface area contributed by atoms with E-state index in [1.165, 1.54) is 0 Å². The van der Waals surface area contributed by atoms with Gasteiger partial charge in [0.1, 0.15) is 9.92 Å². The molecular formula is C6H2Cl2F2N2O4S. The highest BCUT2D eigenvalue weighted by Crippen LogP contribution is 2.38. The molecule has 0 N–H and O–H groups in total. The van der Waals surface area contributed by atoms with Crippen LogP contribution >= 0.6 is 22.3 Å². The van der Waals surface area contributed by atoms with Crippen LogP contribution in [0.25, 0.3) is 0 Å². The molecule has 0 aromatic carbocycles. The van der Waals surface area contributed by atoms with Crippen LogP contribution in [0.4, 0.5) is 14.6 Å². The summed E-state index contributed by atoms with van der Waals surface area (Å²) >= 11 is 5.30. The Labute approximate surface area is 103 Å². The zero-order chi connectivity index (χ0) is 13.4. The summed E-state index contributed by atoms with van der Waals surface area (Å²) in [5.41, 5.74) is -1.23. The van der Waals surface area contributed by atoms with E-state index in [9.17, 15) is 27.3 Å². The number of halogens is 4. The highest BCUT2D eigenvalue weighted by molar-refractivity contribution is 8.13. The van der Waals surface area contributed by atoms with Crippen molar-refractivity contribution in [2.24, 2.45) is 0 Å². The van der Waals surface area contributed by atoms with Crippen molar-refractivity contribution in [3.05, 3.63) is 26.9 Å². The molecule has 0 unspecified atom stereocenters. The molecule has 17 heavy (non-hydrogen) atoms. The molecule has 0 aliphatic carbocycles. The number of pyridine rings is 1. The molecule has 0 aliphatic heterocycles. The van der Waals surface area contributed by atoms with Crippen LogP contribution in [0.5, 0.6) is 0 Å². The SMILES string of the molecule is O=[N+]([O-])c1ncc(S(=O)(=O)Cl)c(C(F)F)c1Cl. The number of nitrogens with zero attached hydrogens (tertiary/aromatic N) is 2. The normalized spacial score (nSPS) is 11.8. The van der Waals surface area contributed by atoms with Crippen molar-refractivity contribution in [1.82, 2.24) is 4.98 Å². The highest BCUT2D eigenvalue weighted by atomic mass is 35.7. The van der Waals surface area contributed by atoms with E-state index in [0.29, 0.717) is 6.20 Å². The van der Waals surface area contributed by atoms with Gasteiger partial charge in [-0.25, -0.2) is 17.2 Å². The third kappa shape index (κ3) is 2.79. The molecule has 6 nitrogen and oxygen atoms in total. The zero-order valence-corrected chi connectivity index (χ0v) is 9.93. The first-order valence-electron chi connectivity index (χ1n) is 3.72. The van der Waals surface area contributed by atoms with E-state index < -0.39 is 41.7 Å². The van der Waals surface area contributed by atoms with Gasteiger partial charge in [0, 0.05) is 10.7 Å². The Hall–Kier alpha value is -1.06. The van der Waals surface area contributed by atoms with Gasteiger partial charge in [-0.1, -0.05) is 11.6 Å². The Morgan fingerprint density at radius 3 is 2.35 bits per heavy atom. The molecule has 0 saturated carbocycles. The first-order valence-corrected chi connectivity index (χ1v) is 6.40. The van der Waals surface area contributed by atoms with E-state index in [-0.39, 0.29) is 0 Å². The fourth-order valence-electron chi connectivity index (χ4n) is 1.000. The molecule has 0 saturated heterocycles. The van der Waals surface area contributed by atoms with Crippen LogP contribution < -0.4 is 0 Å². The predicted octanol–water partition coefficient (Wildman–Crippen LogP) is 2.51. The molecule has 1 heterocycles. The summed E-state index contributed by atoms with van der Waals surface area (Å²) in [7, 11) is 0.361. The molecule has 0 spiro atoms. The lowest BCUT2D eigenvalue weighted by Crippen LogP contribution is -2.04. The second-order valence-electron chi connectivity index (χ2n) is 2.67. The van der Waals surface area contributed by atoms with Gasteiger partial charge in [0.25, 0.3) is 15.5 Å². The Bertz CT molecular complexity index is 578. The monoisotopic (exact) mass is 306 g/mol. The van der Waals surface area contributed by atoms with Crippen molar-refractivity contribution in [2.75, 3.05) is 0 Å². The standard InChI is InChI=1S/C6H2Cl2F2N2O4S/c7-4-3(5(9)10)2(17(8,15)16)1-11-6(4)12(13)14/h1,5H. The third-order valence-electron chi connectivity index (χ3n) is 1.66. The lowest BCUT2D eigenvalue weighted by Gasteiger charge is -2.06. The number of rotatable bonds is 3. The maximum atomic E-state index is 12.6. The topological polar surface area (TPSA) is 90.2 Å². The number of aromatic nitrogens is 1. The maximum absolute atomic E-state index is 12.6. The zero-order valence-electron chi connectivity index (χ0n) is 7.60. The molecular weight excluding hydrogens is 305 g/mol. The minimum Gasteiger partial charge on any atom is -0.358 e. The fourth-order valence-corrected chi connectivity index (χ4v) is 2.36. The van der Waals surface area contributed by atoms with Gasteiger partial charge in [-0.3, -0.25) is 0 Å². The summed E-state index contributed by atoms with van der Waals surface area (Å²) in [5.74, 6) is -1.06. The number of nitro groups is 1. The second kappa shape index (κ2) is 4.67. The molecule has 0 atom stereocenters. The molecule has 0 aliphatic rings. The molecule has 0 radical (unpaired) electrons. The highest BCUT2D eigenvalue weighted by Gasteiger charge is 2.32. The van der Waals surface area contributed by atoms with Gasteiger partial charge in [-0.15, -0.1) is 0 Å². The average Bonchev–Trinajstić information content (AvgIpc) is 2.14. The van der Waals surface area contributed by atoms with Crippen LogP contribution in [0, 0.1) is 10.1 Å². The largest absolute Gasteiger partial charge is 0.382 e. The molecule has 94 valence electrons. The van der Waals surface area contributed by atoms with Gasteiger partial charge in [0.15, 0.2) is 6.20 Å². The molecule has 1 aromatic rings. The Balaban J connectivity index is 3.69. The fraction of sp³-hybridized carbons (Fsp3) is 0.167. The van der Waals surface area contributed by atoms with Crippen LogP contribution in [0.2, 0.25) is 5.02 Å². The third-order valence-corrected chi connectivity index (χ3v) is 3.38. The first-order chi connectivity index (χ1) is 7.66. The van der Waals surface area contributed by atoms with E-state index in [1.54, 1.807) is 0 Å². The molecule has 0 fully saturated rings. The van der Waals surface area contributed by atoms with E-state index >= 15 is 0 Å². The summed E-state index contributed by atoms with van der Waals surface area (Å²) in [4.78, 5) is 11.3. The van der Waals surface area contributed by atoms with E-state index in [2.05, 4.69) is 4.98 Å². The smallest absolute Gasteiger partial charge is 0.358 e. The van der Waals surface area contributed by atoms with Crippen LogP contribution in [0.3, 0.4) is 0 Å². The van der Waals surface area contributed by atoms with Gasteiger partial charge in [-0.05, 0) is 9.91 Å². The molecule has 0 bridgehead atoms. The summed E-state index contributed by atoms with van der Waals surface area (Å²) in [6.45, 7) is 0. The van der Waals surface area contributed by atoms with Crippen molar-refractivity contribution in [3.63, 3.8) is 0 Å². The van der Waals surface area contributed by atoms with Gasteiger partial charge in [0.2, 0.25) is 0 Å². The summed E-state index contributed by atoms with van der Waals surface area (Å²) in [6.07, 6.45) is -2.97. The van der Waals surface area contributed by atoms with Gasteiger partial charge >= 0.3 is 5.82 Å². The molecule has 0 amide bonds. The van der Waals surface area contributed by atoms with Crippen LogP contribution in [0.1, 0.15) is 12.0 Å². The van der Waals surface area contributed by atoms with E-state index in [0.717, 1.165) is 0 Å². The van der Waals surface area contributed by atoms with Crippen molar-refractivity contribution >= 4 is 37.2 Å². The summed E-state index contributed by atoms with van der Waals surface area (Å²) < 4.78 is 47.1. The number of alkyl halides is 2. The Kier molecular flexibility index (Phi) is 3.84. The van der Waals surface area contributed by atoms with E-state index in [1.807, 2.05) is 0 Å². The lowest BCUT2D eigenvalue weighted by atomic mass is 10.2. The van der Waals surface area contributed by atoms with Crippen molar-refractivity contribution < 1.29 is 22.1 Å². The van der Waals surface area contributed by atoms with Crippen molar-refractivity contribution in [3.8, 4) is 0 Å². The van der Waals surface area contributed by atoms with E-state index in [4.69, 9.17) is 22.3 Å². The summed E-state index contributed by atoms with van der Waals surface area (Å²) in [5, 5.41) is 9.34. The van der Waals surface area contributed by atoms with Crippen LogP contribution in [-0.2, 0) is 9.05 Å². The minimum absolute atomic E-state index is 0.369. The number of hydrogen-bond donors (Lipinski definition) is 0. The Morgan fingerprint density at radius 1 is 1.47 bits per heavy atom. The van der Waals surface area contributed by atoms with Gasteiger partial charge < -0.3 is 10.1 Å².